The SMILES string of the molecule is C=CC(=O)NC1COc2cc(Oc3cccc(C)c3)cc(C)c2C1. The summed E-state index contributed by atoms with van der Waals surface area (Å²) >= 11 is 0. The Labute approximate surface area is 142 Å². The molecule has 4 nitrogen and oxygen atoms in total. The molecule has 0 bridgehead atoms. The van der Waals surface area contributed by atoms with Crippen molar-refractivity contribution in [2.24, 2.45) is 0 Å². The van der Waals surface area contributed by atoms with Crippen molar-refractivity contribution in [2.75, 3.05) is 6.61 Å². The maximum Gasteiger partial charge on any atom is 0.243 e. The van der Waals surface area contributed by atoms with Crippen LogP contribution in [0.5, 0.6) is 17.2 Å². The third kappa shape index (κ3) is 3.59. The molecule has 1 N–H and O–H groups in total. The molecular weight excluding hydrogens is 302 g/mol. The summed E-state index contributed by atoms with van der Waals surface area (Å²) in [6.45, 7) is 7.98. The van der Waals surface area contributed by atoms with Crippen LogP contribution in [0, 0.1) is 13.8 Å². The van der Waals surface area contributed by atoms with Crippen LogP contribution in [0.2, 0.25) is 0 Å². The fourth-order valence-corrected chi connectivity index (χ4v) is 2.87. The molecule has 0 aromatic heterocycles. The molecule has 1 atom stereocenters. The number of nitrogens with one attached hydrogen (secondary N) is 1. The minimum Gasteiger partial charge on any atom is -0.491 e. The molecule has 2 aromatic carbocycles. The minimum absolute atomic E-state index is 0.0368. The summed E-state index contributed by atoms with van der Waals surface area (Å²) in [7, 11) is 0. The number of amides is 1. The fourth-order valence-electron chi connectivity index (χ4n) is 2.87. The van der Waals surface area contributed by atoms with Crippen molar-refractivity contribution in [3.05, 3.63) is 65.7 Å². The second-order valence-electron chi connectivity index (χ2n) is 6.06. The molecule has 0 saturated heterocycles. The zero-order chi connectivity index (χ0) is 17.1. The highest BCUT2D eigenvalue weighted by Crippen LogP contribution is 2.34. The zero-order valence-corrected chi connectivity index (χ0v) is 14.0. The van der Waals surface area contributed by atoms with Gasteiger partial charge in [-0.3, -0.25) is 4.79 Å². The molecule has 124 valence electrons. The Kier molecular flexibility index (Phi) is 4.56. The van der Waals surface area contributed by atoms with Crippen molar-refractivity contribution >= 4 is 5.91 Å². The van der Waals surface area contributed by atoms with Crippen molar-refractivity contribution in [1.82, 2.24) is 5.32 Å². The molecule has 1 aliphatic heterocycles. The summed E-state index contributed by atoms with van der Waals surface area (Å²) < 4.78 is 11.8. The maximum absolute atomic E-state index is 11.5. The molecule has 2 aromatic rings. The molecular formula is C20H21NO3. The Hall–Kier alpha value is -2.75. The fraction of sp³-hybridized carbons (Fsp3) is 0.250. The van der Waals surface area contributed by atoms with Crippen LogP contribution in [0.4, 0.5) is 0 Å². The number of carbonyl (C=O) groups excluding carboxylic acids is 1. The monoisotopic (exact) mass is 323 g/mol. The number of hydrogen-bond donors (Lipinski definition) is 1. The molecule has 0 aliphatic carbocycles. The molecule has 24 heavy (non-hydrogen) atoms. The second kappa shape index (κ2) is 6.79. The van der Waals surface area contributed by atoms with Gasteiger partial charge in [-0.1, -0.05) is 18.7 Å². The van der Waals surface area contributed by atoms with Crippen molar-refractivity contribution in [1.29, 1.82) is 0 Å². The first-order valence-corrected chi connectivity index (χ1v) is 7.99. The molecule has 1 amide bonds. The number of ether oxygens (including phenoxy) is 2. The van der Waals surface area contributed by atoms with E-state index in [2.05, 4.69) is 11.9 Å². The van der Waals surface area contributed by atoms with Gasteiger partial charge in [0.1, 0.15) is 23.9 Å². The van der Waals surface area contributed by atoms with Crippen LogP contribution in [0.3, 0.4) is 0 Å². The van der Waals surface area contributed by atoms with E-state index in [1.807, 2.05) is 50.2 Å². The van der Waals surface area contributed by atoms with E-state index < -0.39 is 0 Å². The highest BCUT2D eigenvalue weighted by Gasteiger charge is 2.23. The van der Waals surface area contributed by atoms with Crippen LogP contribution in [0.1, 0.15) is 16.7 Å². The third-order valence-corrected chi connectivity index (χ3v) is 4.05. The Morgan fingerprint density at radius 3 is 2.88 bits per heavy atom. The van der Waals surface area contributed by atoms with Gasteiger partial charge in [0, 0.05) is 6.07 Å². The van der Waals surface area contributed by atoms with Gasteiger partial charge in [0.25, 0.3) is 0 Å². The van der Waals surface area contributed by atoms with Crippen molar-refractivity contribution in [3.8, 4) is 17.2 Å². The first kappa shape index (κ1) is 16.1. The molecule has 3 rings (SSSR count). The smallest absolute Gasteiger partial charge is 0.243 e. The van der Waals surface area contributed by atoms with Crippen molar-refractivity contribution < 1.29 is 14.3 Å². The van der Waals surface area contributed by atoms with E-state index in [0.29, 0.717) is 6.61 Å². The van der Waals surface area contributed by atoms with Gasteiger partial charge in [0.2, 0.25) is 5.91 Å². The Bertz CT molecular complexity index is 782. The Morgan fingerprint density at radius 1 is 1.29 bits per heavy atom. The summed E-state index contributed by atoms with van der Waals surface area (Å²) in [4.78, 5) is 11.5. The predicted octanol–water partition coefficient (Wildman–Crippen LogP) is 3.70. The minimum atomic E-state index is -0.177. The van der Waals surface area contributed by atoms with Crippen molar-refractivity contribution in [2.45, 2.75) is 26.3 Å². The van der Waals surface area contributed by atoms with Crippen molar-refractivity contribution in [3.63, 3.8) is 0 Å². The summed E-state index contributed by atoms with van der Waals surface area (Å²) in [5, 5.41) is 2.88. The van der Waals surface area contributed by atoms with Gasteiger partial charge < -0.3 is 14.8 Å². The van der Waals surface area contributed by atoms with Gasteiger partial charge in [-0.15, -0.1) is 0 Å². The van der Waals surface area contributed by atoms with Gasteiger partial charge >= 0.3 is 0 Å². The standard InChI is InChI=1S/C20H21NO3/c1-4-20(22)21-15-10-18-14(3)9-17(11-19(18)23-12-15)24-16-7-5-6-13(2)8-16/h4-9,11,15H,1,10,12H2,2-3H3,(H,21,22). The van der Waals surface area contributed by atoms with Crippen LogP contribution in [0.15, 0.2) is 49.1 Å². The number of hydrogen-bond acceptors (Lipinski definition) is 3. The lowest BCUT2D eigenvalue weighted by atomic mass is 9.97. The molecule has 0 radical (unpaired) electrons. The highest BCUT2D eigenvalue weighted by atomic mass is 16.5. The van der Waals surface area contributed by atoms with Gasteiger partial charge in [-0.05, 0) is 61.2 Å². The van der Waals surface area contributed by atoms with Gasteiger partial charge in [-0.25, -0.2) is 0 Å². The van der Waals surface area contributed by atoms with E-state index in [1.54, 1.807) is 0 Å². The number of rotatable bonds is 4. The van der Waals surface area contributed by atoms with E-state index in [1.165, 1.54) is 6.08 Å². The predicted molar refractivity (Wildman–Crippen MR) is 93.8 cm³/mol. The topological polar surface area (TPSA) is 47.6 Å². The number of benzene rings is 2. The summed E-state index contributed by atoms with van der Waals surface area (Å²) in [6.07, 6.45) is 2.02. The maximum atomic E-state index is 11.5. The van der Waals surface area contributed by atoms with Crippen LogP contribution in [0.25, 0.3) is 0 Å². The summed E-state index contributed by atoms with van der Waals surface area (Å²) in [5.41, 5.74) is 3.35. The lowest BCUT2D eigenvalue weighted by Crippen LogP contribution is -2.42. The first-order chi connectivity index (χ1) is 11.5. The number of carbonyl (C=O) groups is 1. The lowest BCUT2D eigenvalue weighted by molar-refractivity contribution is -0.117. The molecule has 1 unspecified atom stereocenters. The molecule has 1 aliphatic rings. The number of fused-ring (bicyclic) bond motifs is 1. The largest absolute Gasteiger partial charge is 0.491 e. The zero-order valence-electron chi connectivity index (χ0n) is 14.0. The highest BCUT2D eigenvalue weighted by molar-refractivity contribution is 5.87. The molecule has 0 saturated carbocycles. The van der Waals surface area contributed by atoms with Crippen LogP contribution < -0.4 is 14.8 Å². The lowest BCUT2D eigenvalue weighted by Gasteiger charge is -2.27. The van der Waals surface area contributed by atoms with Crippen LogP contribution in [-0.4, -0.2) is 18.6 Å². The molecule has 0 fully saturated rings. The van der Waals surface area contributed by atoms with E-state index in [0.717, 1.165) is 40.4 Å². The van der Waals surface area contributed by atoms with E-state index >= 15 is 0 Å². The van der Waals surface area contributed by atoms with E-state index in [4.69, 9.17) is 9.47 Å². The average Bonchev–Trinajstić information content (AvgIpc) is 2.55. The molecule has 1 heterocycles. The normalized spacial score (nSPS) is 15.8. The van der Waals surface area contributed by atoms with Crippen LogP contribution >= 0.6 is 0 Å². The molecule has 4 heteroatoms. The average molecular weight is 323 g/mol. The van der Waals surface area contributed by atoms with E-state index in [-0.39, 0.29) is 11.9 Å². The third-order valence-electron chi connectivity index (χ3n) is 4.05. The quantitative estimate of drug-likeness (QED) is 0.873. The Morgan fingerprint density at radius 2 is 2.12 bits per heavy atom. The second-order valence-corrected chi connectivity index (χ2v) is 6.06. The number of aryl methyl sites for hydroxylation is 2. The summed E-state index contributed by atoms with van der Waals surface area (Å²) in [5.74, 6) is 2.21. The Balaban J connectivity index is 1.79. The molecule has 0 spiro atoms. The first-order valence-electron chi connectivity index (χ1n) is 7.99. The van der Waals surface area contributed by atoms with Gasteiger partial charge in [-0.2, -0.15) is 0 Å². The van der Waals surface area contributed by atoms with Gasteiger partial charge in [0.05, 0.1) is 6.04 Å². The van der Waals surface area contributed by atoms with Gasteiger partial charge in [0.15, 0.2) is 0 Å². The summed E-state index contributed by atoms with van der Waals surface area (Å²) in [6, 6.07) is 11.8. The van der Waals surface area contributed by atoms with Crippen LogP contribution in [-0.2, 0) is 11.2 Å². The van der Waals surface area contributed by atoms with E-state index in [9.17, 15) is 4.79 Å².